The van der Waals surface area contributed by atoms with Gasteiger partial charge in [0.1, 0.15) is 17.3 Å². The van der Waals surface area contributed by atoms with Gasteiger partial charge >= 0.3 is 5.97 Å². The van der Waals surface area contributed by atoms with Crippen molar-refractivity contribution in [1.82, 2.24) is 0 Å². The number of hydrogen-bond donors (Lipinski definition) is 1. The lowest BCUT2D eigenvalue weighted by Crippen LogP contribution is -2.29. The third-order valence-electron chi connectivity index (χ3n) is 6.02. The third-order valence-corrected chi connectivity index (χ3v) is 6.02. The Kier molecular flexibility index (Phi) is 7.57. The van der Waals surface area contributed by atoms with Gasteiger partial charge in [-0.15, -0.1) is 0 Å². The highest BCUT2D eigenvalue weighted by Gasteiger charge is 2.47. The smallest absolute Gasteiger partial charge is 0.338 e. The Morgan fingerprint density at radius 3 is 2.38 bits per heavy atom. The van der Waals surface area contributed by atoms with Gasteiger partial charge in [0.15, 0.2) is 0 Å². The van der Waals surface area contributed by atoms with Gasteiger partial charge in [0.2, 0.25) is 0 Å². The number of benzene rings is 3. The number of esters is 1. The summed E-state index contributed by atoms with van der Waals surface area (Å²) >= 11 is 0. The van der Waals surface area contributed by atoms with Gasteiger partial charge in [0.05, 0.1) is 43.6 Å². The summed E-state index contributed by atoms with van der Waals surface area (Å²) in [6, 6.07) is 19.0. The van der Waals surface area contributed by atoms with E-state index >= 15 is 0 Å². The fourth-order valence-electron chi connectivity index (χ4n) is 4.25. The number of aliphatic hydroxyl groups excluding tert-OH is 1. The minimum Gasteiger partial charge on any atom is -0.507 e. The van der Waals surface area contributed by atoms with Gasteiger partial charge < -0.3 is 19.3 Å². The van der Waals surface area contributed by atoms with Gasteiger partial charge in [-0.25, -0.2) is 4.79 Å². The standard InChI is InChI=1S/C29H27NO7/c1-4-15-37-29(34)19-11-8-12-20(16-19)30-25(18-9-6-5-7-10-18)24(27(32)28(30)33)26(31)22-14-13-21(35-2)17-23(22)36-3/h5-14,16-17,25,31H,4,15H2,1-3H3/b26-24-. The van der Waals surface area contributed by atoms with Gasteiger partial charge in [0.25, 0.3) is 11.7 Å². The zero-order chi connectivity index (χ0) is 26.5. The van der Waals surface area contributed by atoms with Crippen molar-refractivity contribution < 1.29 is 33.7 Å². The minimum atomic E-state index is -0.949. The van der Waals surface area contributed by atoms with Gasteiger partial charge in [-0.2, -0.15) is 0 Å². The lowest BCUT2D eigenvalue weighted by atomic mass is 9.94. The number of ether oxygens (including phenoxy) is 3. The summed E-state index contributed by atoms with van der Waals surface area (Å²) in [5.41, 5.74) is 1.31. The summed E-state index contributed by atoms with van der Waals surface area (Å²) in [5, 5.41) is 11.4. The number of amides is 1. The van der Waals surface area contributed by atoms with Crippen LogP contribution in [0, 0.1) is 0 Å². The van der Waals surface area contributed by atoms with E-state index in [2.05, 4.69) is 0 Å². The highest BCUT2D eigenvalue weighted by Crippen LogP contribution is 2.43. The predicted octanol–water partition coefficient (Wildman–Crippen LogP) is 4.90. The van der Waals surface area contributed by atoms with E-state index in [-0.39, 0.29) is 34.8 Å². The third kappa shape index (κ3) is 4.91. The van der Waals surface area contributed by atoms with E-state index in [1.54, 1.807) is 60.7 Å². The molecule has 1 aliphatic rings. The topological polar surface area (TPSA) is 102 Å². The number of aliphatic hydroxyl groups is 1. The van der Waals surface area contributed by atoms with Crippen molar-refractivity contribution in [3.05, 3.63) is 95.1 Å². The molecule has 1 saturated heterocycles. The van der Waals surface area contributed by atoms with Crippen LogP contribution < -0.4 is 14.4 Å². The van der Waals surface area contributed by atoms with E-state index in [0.29, 0.717) is 23.4 Å². The normalized spacial score (nSPS) is 16.5. The summed E-state index contributed by atoms with van der Waals surface area (Å²) in [5.74, 6) is -1.83. The molecule has 0 radical (unpaired) electrons. The quantitative estimate of drug-likeness (QED) is 0.203. The Balaban J connectivity index is 1.89. The van der Waals surface area contributed by atoms with Crippen molar-refractivity contribution >= 4 is 29.1 Å². The molecule has 1 fully saturated rings. The fourth-order valence-corrected chi connectivity index (χ4v) is 4.25. The summed E-state index contributed by atoms with van der Waals surface area (Å²) in [7, 11) is 2.93. The van der Waals surface area contributed by atoms with Crippen LogP contribution in [0.2, 0.25) is 0 Å². The summed E-state index contributed by atoms with van der Waals surface area (Å²) in [6.45, 7) is 2.15. The van der Waals surface area contributed by atoms with Gasteiger partial charge in [-0.1, -0.05) is 43.3 Å². The fraction of sp³-hybridized carbons (Fsp3) is 0.207. The number of Topliss-reactive ketones (excluding diaryl/α,β-unsaturated/α-hetero) is 1. The minimum absolute atomic E-state index is 0.0985. The molecule has 4 rings (SSSR count). The molecule has 1 aliphatic heterocycles. The number of carbonyl (C=O) groups is 3. The number of methoxy groups -OCH3 is 2. The second-order valence-corrected chi connectivity index (χ2v) is 8.33. The SMILES string of the molecule is CCCOC(=O)c1cccc(N2C(=O)C(=O)/C(=C(\O)c3ccc(OC)cc3OC)C2c2ccccc2)c1. The molecule has 37 heavy (non-hydrogen) atoms. The van der Waals surface area contributed by atoms with Crippen molar-refractivity contribution in [3.63, 3.8) is 0 Å². The number of hydrogen-bond acceptors (Lipinski definition) is 7. The molecule has 0 aromatic heterocycles. The average Bonchev–Trinajstić information content (AvgIpc) is 3.21. The van der Waals surface area contributed by atoms with Crippen LogP contribution in [0.5, 0.6) is 11.5 Å². The molecular weight excluding hydrogens is 474 g/mol. The van der Waals surface area contributed by atoms with E-state index in [0.717, 1.165) is 0 Å². The zero-order valence-electron chi connectivity index (χ0n) is 20.8. The van der Waals surface area contributed by atoms with Crippen LogP contribution >= 0.6 is 0 Å². The lowest BCUT2D eigenvalue weighted by Gasteiger charge is -2.26. The Hall–Kier alpha value is -4.59. The Labute approximate surface area is 214 Å². The van der Waals surface area contributed by atoms with E-state index in [1.807, 2.05) is 13.0 Å². The maximum absolute atomic E-state index is 13.4. The molecule has 1 N–H and O–H groups in total. The van der Waals surface area contributed by atoms with Crippen molar-refractivity contribution in [1.29, 1.82) is 0 Å². The maximum Gasteiger partial charge on any atom is 0.338 e. The van der Waals surface area contributed by atoms with Crippen LogP contribution in [0.1, 0.15) is 40.9 Å². The Morgan fingerprint density at radius 2 is 1.70 bits per heavy atom. The number of nitrogens with zero attached hydrogens (tertiary/aromatic N) is 1. The Morgan fingerprint density at radius 1 is 0.946 bits per heavy atom. The van der Waals surface area contributed by atoms with Crippen molar-refractivity contribution in [3.8, 4) is 11.5 Å². The molecule has 3 aromatic rings. The number of rotatable bonds is 8. The average molecular weight is 502 g/mol. The molecule has 0 saturated carbocycles. The molecule has 190 valence electrons. The zero-order valence-corrected chi connectivity index (χ0v) is 20.8. The van der Waals surface area contributed by atoms with Gasteiger partial charge in [0, 0.05) is 11.8 Å². The van der Waals surface area contributed by atoms with Gasteiger partial charge in [-0.05, 0) is 42.3 Å². The highest BCUT2D eigenvalue weighted by molar-refractivity contribution is 6.51. The van der Waals surface area contributed by atoms with Crippen molar-refractivity contribution in [2.24, 2.45) is 0 Å². The molecule has 8 nitrogen and oxygen atoms in total. The molecule has 1 unspecified atom stereocenters. The highest BCUT2D eigenvalue weighted by atomic mass is 16.5. The first-order valence-electron chi connectivity index (χ1n) is 11.8. The van der Waals surface area contributed by atoms with E-state index in [1.165, 1.54) is 25.2 Å². The van der Waals surface area contributed by atoms with Crippen molar-refractivity contribution in [2.45, 2.75) is 19.4 Å². The van der Waals surface area contributed by atoms with E-state index < -0.39 is 23.7 Å². The van der Waals surface area contributed by atoms with Crippen LogP contribution in [0.4, 0.5) is 5.69 Å². The first-order chi connectivity index (χ1) is 17.9. The molecule has 1 heterocycles. The molecule has 8 heteroatoms. The largest absolute Gasteiger partial charge is 0.507 e. The molecule has 0 spiro atoms. The Bertz CT molecular complexity index is 1360. The molecule has 0 bridgehead atoms. The molecule has 0 aliphatic carbocycles. The van der Waals surface area contributed by atoms with Gasteiger partial charge in [-0.3, -0.25) is 14.5 Å². The monoisotopic (exact) mass is 501 g/mol. The summed E-state index contributed by atoms with van der Waals surface area (Å²) in [4.78, 5) is 40.6. The van der Waals surface area contributed by atoms with E-state index in [9.17, 15) is 19.5 Å². The van der Waals surface area contributed by atoms with Crippen LogP contribution in [0.3, 0.4) is 0 Å². The van der Waals surface area contributed by atoms with Crippen LogP contribution in [0.15, 0.2) is 78.4 Å². The van der Waals surface area contributed by atoms with Crippen molar-refractivity contribution in [2.75, 3.05) is 25.7 Å². The first kappa shape index (κ1) is 25.5. The number of anilines is 1. The number of carbonyl (C=O) groups excluding carboxylic acids is 3. The van der Waals surface area contributed by atoms with Crippen LogP contribution in [-0.4, -0.2) is 43.6 Å². The maximum atomic E-state index is 13.4. The molecule has 1 amide bonds. The molecule has 1 atom stereocenters. The second-order valence-electron chi connectivity index (χ2n) is 8.33. The van der Waals surface area contributed by atoms with Crippen LogP contribution in [0.25, 0.3) is 5.76 Å². The summed E-state index contributed by atoms with van der Waals surface area (Å²) < 4.78 is 15.9. The summed E-state index contributed by atoms with van der Waals surface area (Å²) in [6.07, 6.45) is 0.670. The predicted molar refractivity (Wildman–Crippen MR) is 138 cm³/mol. The molecular formula is C29H27NO7. The van der Waals surface area contributed by atoms with Crippen LogP contribution in [-0.2, 0) is 14.3 Å². The van der Waals surface area contributed by atoms with E-state index in [4.69, 9.17) is 14.2 Å². The second kappa shape index (κ2) is 11.0. The first-order valence-corrected chi connectivity index (χ1v) is 11.8. The number of ketones is 1. The molecule has 3 aromatic carbocycles. The lowest BCUT2D eigenvalue weighted by molar-refractivity contribution is -0.132.